The second kappa shape index (κ2) is 5.71. The van der Waals surface area contributed by atoms with Gasteiger partial charge >= 0.3 is 0 Å². The number of thiazole rings is 1. The first kappa shape index (κ1) is 14.7. The zero-order valence-corrected chi connectivity index (χ0v) is 13.2. The monoisotopic (exact) mass is 365 g/mol. The van der Waals surface area contributed by atoms with E-state index in [1.807, 2.05) is 6.92 Å². The van der Waals surface area contributed by atoms with E-state index in [4.69, 9.17) is 10.2 Å². The molecule has 9 heteroatoms. The zero-order chi connectivity index (χ0) is 14.0. The number of hydrogen-bond donors (Lipinski definition) is 2. The Labute approximate surface area is 123 Å². The van der Waals surface area contributed by atoms with Crippen molar-refractivity contribution in [2.24, 2.45) is 5.73 Å². The van der Waals surface area contributed by atoms with Crippen molar-refractivity contribution < 1.29 is 12.8 Å². The Balaban J connectivity index is 2.15. The molecule has 0 atom stereocenters. The van der Waals surface area contributed by atoms with Gasteiger partial charge in [0.1, 0.15) is 15.7 Å². The Hall–Kier alpha value is -0.740. The molecule has 0 amide bonds. The van der Waals surface area contributed by atoms with Crippen LogP contribution in [0.25, 0.3) is 0 Å². The number of rotatable bonds is 5. The van der Waals surface area contributed by atoms with Gasteiger partial charge in [-0.25, -0.2) is 18.1 Å². The smallest absolute Gasteiger partial charge is 0.245 e. The number of hydrogen-bond acceptors (Lipinski definition) is 6. The highest BCUT2D eigenvalue weighted by atomic mass is 79.9. The minimum Gasteiger partial charge on any atom is -0.452 e. The molecule has 19 heavy (non-hydrogen) atoms. The molecular weight excluding hydrogens is 354 g/mol. The Kier molecular flexibility index (Phi) is 4.41. The number of aromatic nitrogens is 1. The summed E-state index contributed by atoms with van der Waals surface area (Å²) in [6.45, 7) is 2.20. The lowest BCUT2D eigenvalue weighted by molar-refractivity contribution is 0.483. The van der Waals surface area contributed by atoms with Crippen LogP contribution in [0.5, 0.6) is 0 Å². The summed E-state index contributed by atoms with van der Waals surface area (Å²) in [7, 11) is -3.65. The normalized spacial score (nSPS) is 11.9. The van der Waals surface area contributed by atoms with Gasteiger partial charge in [-0.15, -0.1) is 11.3 Å². The summed E-state index contributed by atoms with van der Waals surface area (Å²) in [5.41, 5.74) is 5.40. The third-order valence-corrected chi connectivity index (χ3v) is 5.45. The van der Waals surface area contributed by atoms with Crippen LogP contribution in [-0.2, 0) is 23.1 Å². The molecule has 0 spiro atoms. The van der Waals surface area contributed by atoms with E-state index < -0.39 is 10.0 Å². The number of halogens is 1. The largest absolute Gasteiger partial charge is 0.452 e. The minimum absolute atomic E-state index is 0.0428. The zero-order valence-electron chi connectivity index (χ0n) is 10.0. The quantitative estimate of drug-likeness (QED) is 0.840. The van der Waals surface area contributed by atoms with Crippen LogP contribution in [0.1, 0.15) is 15.6 Å². The Morgan fingerprint density at radius 1 is 1.58 bits per heavy atom. The summed E-state index contributed by atoms with van der Waals surface area (Å²) >= 11 is 4.51. The van der Waals surface area contributed by atoms with Crippen LogP contribution in [0.4, 0.5) is 0 Å². The molecule has 2 aromatic heterocycles. The topological polar surface area (TPSA) is 98.2 Å². The van der Waals surface area contributed by atoms with Crippen molar-refractivity contribution in [3.05, 3.63) is 32.6 Å². The van der Waals surface area contributed by atoms with Crippen LogP contribution in [0.15, 0.2) is 26.2 Å². The highest BCUT2D eigenvalue weighted by Gasteiger charge is 2.22. The van der Waals surface area contributed by atoms with Gasteiger partial charge in [-0.2, -0.15) is 0 Å². The third-order valence-electron chi connectivity index (χ3n) is 2.28. The summed E-state index contributed by atoms with van der Waals surface area (Å²) in [4.78, 5) is 5.17. The fourth-order valence-electron chi connectivity index (χ4n) is 1.40. The molecule has 2 rings (SSSR count). The van der Waals surface area contributed by atoms with Crippen LogP contribution >= 0.6 is 27.3 Å². The van der Waals surface area contributed by atoms with Gasteiger partial charge in [-0.1, -0.05) is 0 Å². The van der Waals surface area contributed by atoms with Gasteiger partial charge < -0.3 is 10.2 Å². The van der Waals surface area contributed by atoms with Gasteiger partial charge in [0.15, 0.2) is 4.67 Å². The van der Waals surface area contributed by atoms with Crippen LogP contribution < -0.4 is 10.5 Å². The maximum atomic E-state index is 12.1. The van der Waals surface area contributed by atoms with E-state index >= 15 is 0 Å². The molecule has 3 N–H and O–H groups in total. The molecule has 0 saturated carbocycles. The van der Waals surface area contributed by atoms with Gasteiger partial charge in [0.05, 0.1) is 13.1 Å². The molecule has 2 heterocycles. The fourth-order valence-corrected chi connectivity index (χ4v) is 4.20. The van der Waals surface area contributed by atoms with Gasteiger partial charge in [0.25, 0.3) is 0 Å². The summed E-state index contributed by atoms with van der Waals surface area (Å²) in [6, 6.07) is 1.40. The van der Waals surface area contributed by atoms with E-state index in [-0.39, 0.29) is 22.7 Å². The standard InChI is InChI=1S/C10H12BrN3O3S2/c1-6-4-13-9(18-6)5-14-19(15,16)8-2-7(3-12)17-10(8)11/h2,4,14H,3,5,12H2,1H3. The first-order valence-electron chi connectivity index (χ1n) is 5.31. The Morgan fingerprint density at radius 3 is 2.84 bits per heavy atom. The summed E-state index contributed by atoms with van der Waals surface area (Å²) in [5.74, 6) is 0.400. The summed E-state index contributed by atoms with van der Waals surface area (Å²) in [5, 5.41) is 0.708. The second-order valence-corrected chi connectivity index (χ2v) is 7.52. The molecule has 0 fully saturated rings. The Morgan fingerprint density at radius 2 is 2.32 bits per heavy atom. The SMILES string of the molecule is Cc1cnc(CNS(=O)(=O)c2cc(CN)oc2Br)s1. The number of nitrogens with zero attached hydrogens (tertiary/aromatic N) is 1. The average molecular weight is 366 g/mol. The van der Waals surface area contributed by atoms with Crippen molar-refractivity contribution >= 4 is 37.3 Å². The number of sulfonamides is 1. The van der Waals surface area contributed by atoms with Crippen molar-refractivity contribution in [3.63, 3.8) is 0 Å². The maximum Gasteiger partial charge on any atom is 0.245 e. The van der Waals surface area contributed by atoms with E-state index in [1.54, 1.807) is 6.20 Å². The molecule has 0 saturated heterocycles. The average Bonchev–Trinajstić information content (AvgIpc) is 2.93. The van der Waals surface area contributed by atoms with E-state index in [0.29, 0.717) is 10.8 Å². The van der Waals surface area contributed by atoms with E-state index in [1.165, 1.54) is 17.4 Å². The van der Waals surface area contributed by atoms with E-state index in [9.17, 15) is 8.42 Å². The molecule has 0 aliphatic carbocycles. The van der Waals surface area contributed by atoms with Crippen molar-refractivity contribution in [1.29, 1.82) is 0 Å². The van der Waals surface area contributed by atoms with Gasteiger partial charge in [-0.3, -0.25) is 0 Å². The molecule has 6 nitrogen and oxygen atoms in total. The van der Waals surface area contributed by atoms with Crippen molar-refractivity contribution in [1.82, 2.24) is 9.71 Å². The van der Waals surface area contributed by atoms with Crippen molar-refractivity contribution in [3.8, 4) is 0 Å². The summed E-state index contributed by atoms with van der Waals surface area (Å²) < 4.78 is 32.0. The molecule has 0 aromatic carbocycles. The number of aryl methyl sites for hydroxylation is 1. The van der Waals surface area contributed by atoms with Gasteiger partial charge in [-0.05, 0) is 22.9 Å². The number of nitrogens with one attached hydrogen (secondary N) is 1. The second-order valence-electron chi connectivity index (χ2n) is 3.74. The Bertz CT molecular complexity index is 678. The highest BCUT2D eigenvalue weighted by molar-refractivity contribution is 9.10. The highest BCUT2D eigenvalue weighted by Crippen LogP contribution is 2.26. The molecule has 2 aromatic rings. The van der Waals surface area contributed by atoms with Crippen LogP contribution in [-0.4, -0.2) is 13.4 Å². The predicted molar refractivity (Wildman–Crippen MR) is 75.2 cm³/mol. The lowest BCUT2D eigenvalue weighted by Crippen LogP contribution is -2.23. The lowest BCUT2D eigenvalue weighted by atomic mass is 10.5. The molecule has 0 unspecified atom stereocenters. The van der Waals surface area contributed by atoms with Gasteiger partial charge in [0.2, 0.25) is 10.0 Å². The van der Waals surface area contributed by atoms with Crippen molar-refractivity contribution in [2.45, 2.75) is 24.9 Å². The minimum atomic E-state index is -3.65. The number of furan rings is 1. The van der Waals surface area contributed by atoms with E-state index in [0.717, 1.165) is 4.88 Å². The maximum absolute atomic E-state index is 12.1. The lowest BCUT2D eigenvalue weighted by Gasteiger charge is -2.02. The third kappa shape index (κ3) is 3.42. The van der Waals surface area contributed by atoms with Crippen LogP contribution in [0.3, 0.4) is 0 Å². The molecule has 0 aliphatic rings. The molecule has 104 valence electrons. The molecule has 0 aliphatic heterocycles. The van der Waals surface area contributed by atoms with Crippen LogP contribution in [0, 0.1) is 6.92 Å². The molecular formula is C10H12BrN3O3S2. The first-order valence-corrected chi connectivity index (χ1v) is 8.41. The fraction of sp³-hybridized carbons (Fsp3) is 0.300. The molecule has 0 radical (unpaired) electrons. The summed E-state index contributed by atoms with van der Waals surface area (Å²) in [6.07, 6.45) is 1.70. The van der Waals surface area contributed by atoms with E-state index in [2.05, 4.69) is 25.6 Å². The predicted octanol–water partition coefficient (Wildman–Crippen LogP) is 1.74. The number of nitrogens with two attached hydrogens (primary N) is 1. The first-order chi connectivity index (χ1) is 8.92. The molecule has 0 bridgehead atoms. The van der Waals surface area contributed by atoms with Gasteiger partial charge in [0, 0.05) is 17.1 Å². The van der Waals surface area contributed by atoms with Crippen LogP contribution in [0.2, 0.25) is 0 Å². The van der Waals surface area contributed by atoms with Crippen molar-refractivity contribution in [2.75, 3.05) is 0 Å².